The van der Waals surface area contributed by atoms with Crippen molar-refractivity contribution in [2.75, 3.05) is 30.9 Å². The van der Waals surface area contributed by atoms with Gasteiger partial charge in [0, 0.05) is 50.6 Å². The van der Waals surface area contributed by atoms with Gasteiger partial charge >= 0.3 is 12.2 Å². The predicted molar refractivity (Wildman–Crippen MR) is 155 cm³/mol. The highest BCUT2D eigenvalue weighted by atomic mass is 32.2. The maximum absolute atomic E-state index is 15.0. The van der Waals surface area contributed by atoms with Gasteiger partial charge in [-0.3, -0.25) is 9.97 Å². The van der Waals surface area contributed by atoms with Crippen molar-refractivity contribution < 1.29 is 36.2 Å². The number of halogens is 5. The molecule has 0 saturated heterocycles. The number of rotatable bonds is 10. The van der Waals surface area contributed by atoms with Crippen LogP contribution in [-0.2, 0) is 23.9 Å². The molecule has 0 saturated carbocycles. The van der Waals surface area contributed by atoms with Crippen LogP contribution in [0.1, 0.15) is 27.9 Å². The number of aromatic nitrogens is 2. The average molecular weight is 632 g/mol. The molecule has 44 heavy (non-hydrogen) atoms. The average Bonchev–Trinajstić information content (AvgIpc) is 3.43. The van der Waals surface area contributed by atoms with Crippen molar-refractivity contribution in [3.8, 4) is 11.5 Å². The van der Waals surface area contributed by atoms with Crippen LogP contribution in [0.2, 0.25) is 0 Å². The van der Waals surface area contributed by atoms with Crippen LogP contribution in [0.25, 0.3) is 0 Å². The topological polar surface area (TPSA) is 97.4 Å². The lowest BCUT2D eigenvalue weighted by Crippen LogP contribution is -2.20. The van der Waals surface area contributed by atoms with Gasteiger partial charge in [-0.05, 0) is 42.5 Å². The molecule has 0 spiro atoms. The number of hydrogen-bond acceptors (Lipinski definition) is 7. The number of alkyl halides is 3. The van der Waals surface area contributed by atoms with Gasteiger partial charge in [-0.15, -0.1) is 11.8 Å². The Kier molecular flexibility index (Phi) is 9.61. The fourth-order valence-corrected chi connectivity index (χ4v) is 5.65. The van der Waals surface area contributed by atoms with Crippen LogP contribution >= 0.6 is 11.8 Å². The van der Waals surface area contributed by atoms with Gasteiger partial charge in [-0.25, -0.2) is 13.6 Å². The molecule has 8 nitrogen and oxygen atoms in total. The van der Waals surface area contributed by atoms with E-state index in [-0.39, 0.29) is 16.7 Å². The van der Waals surface area contributed by atoms with E-state index in [4.69, 9.17) is 14.5 Å². The third kappa shape index (κ3) is 7.62. The summed E-state index contributed by atoms with van der Waals surface area (Å²) < 4.78 is 78.8. The SMILES string of the molecule is COCCNCc1cccc(C2Cc3nccc(Oc4ccc(NC(=O)Nc5cc(C(F)(F)F)ccc5F)cc4F)c3S2)n1. The number of urea groups is 1. The Balaban J connectivity index is 1.23. The van der Waals surface area contributed by atoms with Crippen molar-refractivity contribution in [3.05, 3.63) is 101 Å². The second kappa shape index (κ2) is 13.6. The molecule has 3 heterocycles. The summed E-state index contributed by atoms with van der Waals surface area (Å²) in [6, 6.07) is 11.6. The van der Waals surface area contributed by atoms with E-state index in [1.807, 2.05) is 23.5 Å². The number of fused-ring (bicyclic) bond motifs is 1. The molecular weight excluding hydrogens is 605 g/mol. The predicted octanol–water partition coefficient (Wildman–Crippen LogP) is 7.34. The number of benzene rings is 2. The minimum absolute atomic E-state index is 0.0160. The van der Waals surface area contributed by atoms with E-state index in [0.29, 0.717) is 50.1 Å². The minimum Gasteiger partial charge on any atom is -0.453 e. The summed E-state index contributed by atoms with van der Waals surface area (Å²) in [4.78, 5) is 22.3. The van der Waals surface area contributed by atoms with Gasteiger partial charge in [-0.1, -0.05) is 6.07 Å². The highest BCUT2D eigenvalue weighted by Gasteiger charge is 2.32. The molecule has 5 rings (SSSR count). The van der Waals surface area contributed by atoms with Crippen LogP contribution in [0.3, 0.4) is 0 Å². The van der Waals surface area contributed by atoms with Crippen molar-refractivity contribution in [1.82, 2.24) is 15.3 Å². The molecule has 1 aliphatic heterocycles. The van der Waals surface area contributed by atoms with Crippen molar-refractivity contribution in [2.45, 2.75) is 29.3 Å². The molecule has 1 aliphatic rings. The summed E-state index contributed by atoms with van der Waals surface area (Å²) in [5.74, 6) is -1.60. The number of thioether (sulfide) groups is 1. The molecule has 0 bridgehead atoms. The molecular formula is C30H26F5N5O3S. The Morgan fingerprint density at radius 3 is 2.64 bits per heavy atom. The molecule has 230 valence electrons. The molecule has 2 aromatic carbocycles. The standard InChI is InChI=1S/C30H26F5N5O3S/c1-42-12-11-36-16-19-3-2-4-22(38-19)27-15-24-28(44-27)26(9-10-37-24)43-25-8-6-18(14-21(25)32)39-29(41)40-23-13-17(30(33,34)35)5-7-20(23)31/h2-10,13-14,27,36H,11-12,15-16H2,1H3,(H2,39,40,41). The van der Waals surface area contributed by atoms with Crippen molar-refractivity contribution in [3.63, 3.8) is 0 Å². The normalized spacial score (nSPS) is 14.3. The van der Waals surface area contributed by atoms with E-state index in [1.165, 1.54) is 23.9 Å². The van der Waals surface area contributed by atoms with E-state index < -0.39 is 35.1 Å². The van der Waals surface area contributed by atoms with Gasteiger partial charge in [0.15, 0.2) is 11.6 Å². The molecule has 1 atom stereocenters. The highest BCUT2D eigenvalue weighted by molar-refractivity contribution is 8.00. The number of hydrogen-bond donors (Lipinski definition) is 3. The summed E-state index contributed by atoms with van der Waals surface area (Å²) in [6.07, 6.45) is -2.54. The smallest absolute Gasteiger partial charge is 0.416 e. The van der Waals surface area contributed by atoms with Crippen LogP contribution in [0, 0.1) is 11.6 Å². The first-order valence-electron chi connectivity index (χ1n) is 13.3. The van der Waals surface area contributed by atoms with Crippen LogP contribution in [0.15, 0.2) is 71.8 Å². The largest absolute Gasteiger partial charge is 0.453 e. The number of ether oxygens (including phenoxy) is 2. The van der Waals surface area contributed by atoms with Gasteiger partial charge < -0.3 is 25.4 Å². The van der Waals surface area contributed by atoms with Gasteiger partial charge in [-0.2, -0.15) is 13.2 Å². The third-order valence-electron chi connectivity index (χ3n) is 6.48. The number of anilines is 2. The summed E-state index contributed by atoms with van der Waals surface area (Å²) in [5.41, 5.74) is 0.723. The molecule has 3 N–H and O–H groups in total. The molecule has 2 aromatic heterocycles. The van der Waals surface area contributed by atoms with E-state index in [1.54, 1.807) is 19.4 Å². The van der Waals surface area contributed by atoms with Crippen LogP contribution in [0.4, 0.5) is 38.1 Å². The van der Waals surface area contributed by atoms with Crippen LogP contribution in [0.5, 0.6) is 11.5 Å². The van der Waals surface area contributed by atoms with E-state index in [2.05, 4.69) is 15.6 Å². The zero-order chi connectivity index (χ0) is 31.3. The van der Waals surface area contributed by atoms with Gasteiger partial charge in [0.05, 0.1) is 45.1 Å². The Labute approximate surface area is 253 Å². The summed E-state index contributed by atoms with van der Waals surface area (Å²) in [6.45, 7) is 1.90. The Bertz CT molecular complexity index is 1660. The zero-order valence-corrected chi connectivity index (χ0v) is 24.0. The summed E-state index contributed by atoms with van der Waals surface area (Å²) in [7, 11) is 1.64. The minimum atomic E-state index is -4.72. The second-order valence-corrected chi connectivity index (χ2v) is 10.9. The maximum Gasteiger partial charge on any atom is 0.416 e. The number of nitrogens with one attached hydrogen (secondary N) is 3. The fourth-order valence-electron chi connectivity index (χ4n) is 4.38. The van der Waals surface area contributed by atoms with Crippen molar-refractivity contribution in [1.29, 1.82) is 0 Å². The molecule has 0 fully saturated rings. The van der Waals surface area contributed by atoms with Gasteiger partial charge in [0.25, 0.3) is 0 Å². The Morgan fingerprint density at radius 2 is 1.86 bits per heavy atom. The van der Waals surface area contributed by atoms with Crippen LogP contribution < -0.4 is 20.7 Å². The molecule has 4 aromatic rings. The monoisotopic (exact) mass is 631 g/mol. The fraction of sp³-hybridized carbons (Fsp3) is 0.233. The molecule has 2 amide bonds. The van der Waals surface area contributed by atoms with E-state index >= 15 is 4.39 Å². The first-order chi connectivity index (χ1) is 21.1. The summed E-state index contributed by atoms with van der Waals surface area (Å²) >= 11 is 1.52. The number of carbonyl (C=O) groups is 1. The van der Waals surface area contributed by atoms with E-state index in [0.717, 1.165) is 28.0 Å². The lowest BCUT2D eigenvalue weighted by Gasteiger charge is -2.13. The number of amides is 2. The first-order valence-corrected chi connectivity index (χ1v) is 14.2. The maximum atomic E-state index is 15.0. The van der Waals surface area contributed by atoms with Crippen molar-refractivity contribution >= 4 is 29.2 Å². The number of carbonyl (C=O) groups excluding carboxylic acids is 1. The number of nitrogens with zero attached hydrogens (tertiary/aromatic N) is 2. The zero-order valence-electron chi connectivity index (χ0n) is 23.2. The number of methoxy groups -OCH3 is 1. The molecule has 0 aliphatic carbocycles. The Morgan fingerprint density at radius 1 is 1.02 bits per heavy atom. The number of pyridine rings is 2. The lowest BCUT2D eigenvalue weighted by atomic mass is 10.1. The molecule has 0 radical (unpaired) electrons. The molecule has 1 unspecified atom stereocenters. The Hall–Kier alpha value is -4.27. The van der Waals surface area contributed by atoms with E-state index in [9.17, 15) is 22.4 Å². The highest BCUT2D eigenvalue weighted by Crippen LogP contribution is 2.50. The first kappa shape index (κ1) is 31.2. The van der Waals surface area contributed by atoms with Crippen molar-refractivity contribution in [2.24, 2.45) is 0 Å². The second-order valence-electron chi connectivity index (χ2n) is 9.64. The summed E-state index contributed by atoms with van der Waals surface area (Å²) in [5, 5.41) is 7.54. The van der Waals surface area contributed by atoms with Gasteiger partial charge in [0.1, 0.15) is 11.6 Å². The lowest BCUT2D eigenvalue weighted by molar-refractivity contribution is -0.137. The van der Waals surface area contributed by atoms with Gasteiger partial charge in [0.2, 0.25) is 0 Å². The third-order valence-corrected chi connectivity index (χ3v) is 7.85. The molecule has 14 heteroatoms. The van der Waals surface area contributed by atoms with Crippen LogP contribution in [-0.4, -0.2) is 36.3 Å². The quantitative estimate of drug-likeness (QED) is 0.125.